The van der Waals surface area contributed by atoms with Gasteiger partial charge < -0.3 is 15.2 Å². The van der Waals surface area contributed by atoms with Gasteiger partial charge in [0.2, 0.25) is 0 Å². The number of benzene rings is 1. The average molecular weight is 401 g/mol. The number of rotatable bonds is 8. The highest BCUT2D eigenvalue weighted by molar-refractivity contribution is 9.10. The molecule has 1 atom stereocenters. The van der Waals surface area contributed by atoms with Gasteiger partial charge in [0.15, 0.2) is 6.10 Å². The van der Waals surface area contributed by atoms with Crippen LogP contribution in [0.15, 0.2) is 28.7 Å². The normalized spacial score (nSPS) is 11.7. The predicted octanol–water partition coefficient (Wildman–Crippen LogP) is 2.37. The lowest BCUT2D eigenvalue weighted by Gasteiger charge is -2.19. The van der Waals surface area contributed by atoms with Gasteiger partial charge in [-0.25, -0.2) is 4.79 Å². The van der Waals surface area contributed by atoms with Gasteiger partial charge in [-0.15, -0.1) is 0 Å². The predicted molar refractivity (Wildman–Crippen MR) is 91.3 cm³/mol. The maximum atomic E-state index is 11.8. The zero-order valence-corrected chi connectivity index (χ0v) is 15.2. The Hall–Kier alpha value is -2.09. The number of nitrogens with two attached hydrogens (primary N) is 1. The van der Waals surface area contributed by atoms with Crippen LogP contribution in [0.2, 0.25) is 0 Å². The summed E-state index contributed by atoms with van der Waals surface area (Å²) < 4.78 is 11.6. The van der Waals surface area contributed by atoms with Gasteiger partial charge in [-0.1, -0.05) is 29.8 Å². The monoisotopic (exact) mass is 400 g/mol. The van der Waals surface area contributed by atoms with Crippen LogP contribution in [0.25, 0.3) is 0 Å². The second-order valence-electron chi connectivity index (χ2n) is 5.41. The molecule has 0 radical (unpaired) electrons. The van der Waals surface area contributed by atoms with Crippen molar-refractivity contribution in [2.75, 3.05) is 6.61 Å². The summed E-state index contributed by atoms with van der Waals surface area (Å²) in [4.78, 5) is 34.3. The highest BCUT2D eigenvalue weighted by Crippen LogP contribution is 2.16. The van der Waals surface area contributed by atoms with Gasteiger partial charge in [-0.3, -0.25) is 14.9 Å². The Bertz CT molecular complexity index is 574. The summed E-state index contributed by atoms with van der Waals surface area (Å²) in [6.45, 7) is 3.75. The van der Waals surface area contributed by atoms with Crippen molar-refractivity contribution in [2.45, 2.75) is 32.8 Å². The number of carbonyl (C=O) groups is 3. The molecule has 0 spiro atoms. The second kappa shape index (κ2) is 9.92. The summed E-state index contributed by atoms with van der Waals surface area (Å²) in [7, 11) is 0. The third-order valence-electron chi connectivity index (χ3n) is 2.98. The summed E-state index contributed by atoms with van der Waals surface area (Å²) in [5.74, 6) is -0.843. The zero-order chi connectivity index (χ0) is 18.1. The number of urea groups is 1. The van der Waals surface area contributed by atoms with Crippen molar-refractivity contribution in [3.63, 3.8) is 0 Å². The van der Waals surface area contributed by atoms with Crippen LogP contribution in [0.4, 0.5) is 4.79 Å². The molecule has 1 aromatic carbocycles. The maximum absolute atomic E-state index is 11.8. The largest absolute Gasteiger partial charge is 0.494 e. The summed E-state index contributed by atoms with van der Waals surface area (Å²) >= 11 is 3.33. The fourth-order valence-corrected chi connectivity index (χ4v) is 2.09. The smallest absolute Gasteiger partial charge is 0.318 e. The van der Waals surface area contributed by atoms with E-state index in [2.05, 4.69) is 15.9 Å². The van der Waals surface area contributed by atoms with Crippen LogP contribution < -0.4 is 15.8 Å². The van der Waals surface area contributed by atoms with Crippen molar-refractivity contribution >= 4 is 33.8 Å². The Kier molecular flexibility index (Phi) is 8.25. The first-order valence-corrected chi connectivity index (χ1v) is 8.27. The molecular formula is C16H21BrN2O5. The molecule has 0 aliphatic rings. The zero-order valence-electron chi connectivity index (χ0n) is 13.6. The van der Waals surface area contributed by atoms with E-state index in [1.54, 1.807) is 13.8 Å². The van der Waals surface area contributed by atoms with E-state index in [9.17, 15) is 14.4 Å². The van der Waals surface area contributed by atoms with Crippen molar-refractivity contribution in [1.29, 1.82) is 0 Å². The van der Waals surface area contributed by atoms with Gasteiger partial charge >= 0.3 is 12.0 Å². The molecule has 0 bridgehead atoms. The van der Waals surface area contributed by atoms with E-state index in [0.29, 0.717) is 18.8 Å². The highest BCUT2D eigenvalue weighted by atomic mass is 79.9. The molecule has 132 valence electrons. The van der Waals surface area contributed by atoms with Crippen molar-refractivity contribution in [2.24, 2.45) is 11.7 Å². The third-order valence-corrected chi connectivity index (χ3v) is 3.50. The topological polar surface area (TPSA) is 108 Å². The lowest BCUT2D eigenvalue weighted by molar-refractivity contribution is -0.158. The first kappa shape index (κ1) is 20.0. The number of carbonyl (C=O) groups excluding carboxylic acids is 3. The molecule has 0 fully saturated rings. The minimum atomic E-state index is -1.06. The Balaban J connectivity index is 2.36. The molecular weight excluding hydrogens is 380 g/mol. The number of esters is 1. The highest BCUT2D eigenvalue weighted by Gasteiger charge is 2.27. The van der Waals surface area contributed by atoms with Gasteiger partial charge in [0.05, 0.1) is 6.61 Å². The fraction of sp³-hybridized carbons (Fsp3) is 0.438. The Labute approximate surface area is 149 Å². The number of amides is 3. The minimum Gasteiger partial charge on any atom is -0.494 e. The molecule has 1 aromatic rings. The van der Waals surface area contributed by atoms with E-state index in [1.807, 2.05) is 29.6 Å². The van der Waals surface area contributed by atoms with Gasteiger partial charge in [-0.2, -0.15) is 0 Å². The molecule has 8 heteroatoms. The standard InChI is InChI=1S/C16H21BrN2O5/c1-10(2)14(15(21)19-16(18)22)24-13(20)4-3-9-23-12-7-5-11(17)6-8-12/h5-8,10,14H,3-4,9H2,1-2H3,(H3,18,19,21,22)/t14-/m1/s1. The molecule has 24 heavy (non-hydrogen) atoms. The summed E-state index contributed by atoms with van der Waals surface area (Å²) in [6.07, 6.45) is -0.516. The van der Waals surface area contributed by atoms with Crippen LogP contribution in [0.3, 0.4) is 0 Å². The lowest BCUT2D eigenvalue weighted by atomic mass is 10.1. The van der Waals surface area contributed by atoms with E-state index in [0.717, 1.165) is 4.47 Å². The summed E-state index contributed by atoms with van der Waals surface area (Å²) in [5.41, 5.74) is 4.89. The molecule has 3 N–H and O–H groups in total. The number of hydrogen-bond donors (Lipinski definition) is 2. The number of hydrogen-bond acceptors (Lipinski definition) is 5. The van der Waals surface area contributed by atoms with E-state index in [4.69, 9.17) is 15.2 Å². The number of ether oxygens (including phenoxy) is 2. The van der Waals surface area contributed by atoms with Gasteiger partial charge in [-0.05, 0) is 36.6 Å². The average Bonchev–Trinajstić information content (AvgIpc) is 2.49. The van der Waals surface area contributed by atoms with Crippen LogP contribution in [0, 0.1) is 5.92 Å². The van der Waals surface area contributed by atoms with E-state index in [-0.39, 0.29) is 12.3 Å². The molecule has 0 saturated heterocycles. The van der Waals surface area contributed by atoms with Crippen LogP contribution in [-0.4, -0.2) is 30.6 Å². The van der Waals surface area contributed by atoms with Crippen LogP contribution in [0.5, 0.6) is 5.75 Å². The van der Waals surface area contributed by atoms with Crippen molar-refractivity contribution in [3.8, 4) is 5.75 Å². The molecule has 0 heterocycles. The van der Waals surface area contributed by atoms with Crippen molar-refractivity contribution in [3.05, 3.63) is 28.7 Å². The molecule has 3 amide bonds. The van der Waals surface area contributed by atoms with Gasteiger partial charge in [0, 0.05) is 10.9 Å². The maximum Gasteiger partial charge on any atom is 0.318 e. The minimum absolute atomic E-state index is 0.101. The Morgan fingerprint density at radius 2 is 1.83 bits per heavy atom. The molecule has 0 saturated carbocycles. The van der Waals surface area contributed by atoms with Gasteiger partial charge in [0.25, 0.3) is 5.91 Å². The quantitative estimate of drug-likeness (QED) is 0.514. The van der Waals surface area contributed by atoms with Crippen LogP contribution in [0.1, 0.15) is 26.7 Å². The first-order chi connectivity index (χ1) is 11.3. The fourth-order valence-electron chi connectivity index (χ4n) is 1.82. The van der Waals surface area contributed by atoms with Crippen LogP contribution >= 0.6 is 15.9 Å². The number of imide groups is 1. The number of halogens is 1. The SMILES string of the molecule is CC(C)[C@@H](OC(=O)CCCOc1ccc(Br)cc1)C(=O)NC(N)=O. The third kappa shape index (κ3) is 7.45. The molecule has 0 unspecified atom stereocenters. The van der Waals surface area contributed by atoms with Gasteiger partial charge in [0.1, 0.15) is 5.75 Å². The second-order valence-corrected chi connectivity index (χ2v) is 6.33. The van der Waals surface area contributed by atoms with E-state index < -0.39 is 24.0 Å². The molecule has 7 nitrogen and oxygen atoms in total. The molecule has 0 aliphatic carbocycles. The molecule has 1 rings (SSSR count). The van der Waals surface area contributed by atoms with E-state index in [1.165, 1.54) is 0 Å². The number of nitrogens with one attached hydrogen (secondary N) is 1. The molecule has 0 aliphatic heterocycles. The first-order valence-electron chi connectivity index (χ1n) is 7.47. The summed E-state index contributed by atoms with van der Waals surface area (Å²) in [5, 5.41) is 1.92. The number of primary amides is 1. The Morgan fingerprint density at radius 1 is 1.21 bits per heavy atom. The van der Waals surface area contributed by atoms with Crippen molar-refractivity contribution in [1.82, 2.24) is 5.32 Å². The molecule has 0 aromatic heterocycles. The van der Waals surface area contributed by atoms with Crippen LogP contribution in [-0.2, 0) is 14.3 Å². The van der Waals surface area contributed by atoms with E-state index >= 15 is 0 Å². The Morgan fingerprint density at radius 3 is 2.38 bits per heavy atom. The lowest BCUT2D eigenvalue weighted by Crippen LogP contribution is -2.45. The summed E-state index contributed by atoms with van der Waals surface area (Å²) in [6, 6.07) is 6.35. The van der Waals surface area contributed by atoms with Crippen molar-refractivity contribution < 1.29 is 23.9 Å².